The van der Waals surface area contributed by atoms with Gasteiger partial charge in [0.1, 0.15) is 0 Å². The maximum atomic E-state index is 11.7. The first-order valence-corrected chi connectivity index (χ1v) is 6.88. The van der Waals surface area contributed by atoms with Crippen molar-refractivity contribution in [1.29, 1.82) is 0 Å². The molecule has 0 bridgehead atoms. The average molecular weight is 289 g/mol. The van der Waals surface area contributed by atoms with Crippen LogP contribution in [-0.4, -0.2) is 34.2 Å². The second-order valence-electron chi connectivity index (χ2n) is 4.67. The number of aromatic nitrogens is 2. The van der Waals surface area contributed by atoms with E-state index in [1.807, 2.05) is 35.2 Å². The quantitative estimate of drug-likeness (QED) is 0.726. The molecule has 0 unspecified atom stereocenters. The Morgan fingerprint density at radius 1 is 1.29 bits per heavy atom. The Morgan fingerprint density at radius 2 is 2.05 bits per heavy atom. The lowest BCUT2D eigenvalue weighted by Gasteiger charge is -2.19. The molecule has 0 aliphatic carbocycles. The summed E-state index contributed by atoms with van der Waals surface area (Å²) < 4.78 is 9.97. The molecule has 2 rings (SSSR count). The molecule has 1 aromatic heterocycles. The van der Waals surface area contributed by atoms with Gasteiger partial charge in [-0.3, -0.25) is 9.69 Å². The van der Waals surface area contributed by atoms with E-state index in [9.17, 15) is 4.79 Å². The zero-order valence-corrected chi connectivity index (χ0v) is 12.3. The molecule has 0 atom stereocenters. The average Bonchev–Trinajstić information content (AvgIpc) is 2.85. The third-order valence-electron chi connectivity index (χ3n) is 2.84. The van der Waals surface area contributed by atoms with Crippen molar-refractivity contribution in [3.8, 4) is 0 Å². The van der Waals surface area contributed by atoms with Gasteiger partial charge in [0.15, 0.2) is 5.82 Å². The van der Waals surface area contributed by atoms with Crippen molar-refractivity contribution in [3.05, 3.63) is 47.6 Å². The van der Waals surface area contributed by atoms with Gasteiger partial charge in [-0.2, -0.15) is 4.98 Å². The fourth-order valence-corrected chi connectivity index (χ4v) is 2.00. The zero-order valence-electron chi connectivity index (χ0n) is 12.3. The molecule has 0 fully saturated rings. The smallest absolute Gasteiger partial charge is 0.320 e. The highest BCUT2D eigenvalue weighted by molar-refractivity contribution is 5.71. The van der Waals surface area contributed by atoms with Gasteiger partial charge in [-0.05, 0) is 12.5 Å². The predicted octanol–water partition coefficient (Wildman–Crippen LogP) is 1.94. The van der Waals surface area contributed by atoms with E-state index in [2.05, 4.69) is 10.1 Å². The summed E-state index contributed by atoms with van der Waals surface area (Å²) in [5.41, 5.74) is 1.11. The van der Waals surface area contributed by atoms with E-state index in [4.69, 9.17) is 9.26 Å². The number of aryl methyl sites for hydroxylation is 1. The fraction of sp³-hybridized carbons (Fsp3) is 0.400. The van der Waals surface area contributed by atoms with Crippen LogP contribution in [0.1, 0.15) is 24.2 Å². The summed E-state index contributed by atoms with van der Waals surface area (Å²) in [6, 6.07) is 9.92. The van der Waals surface area contributed by atoms with Crippen molar-refractivity contribution in [2.45, 2.75) is 26.9 Å². The summed E-state index contributed by atoms with van der Waals surface area (Å²) in [5, 5.41) is 3.87. The van der Waals surface area contributed by atoms with Crippen LogP contribution in [0.2, 0.25) is 0 Å². The number of rotatable bonds is 7. The second-order valence-corrected chi connectivity index (χ2v) is 4.67. The van der Waals surface area contributed by atoms with Gasteiger partial charge >= 0.3 is 5.97 Å². The number of hydrogen-bond acceptors (Lipinski definition) is 6. The van der Waals surface area contributed by atoms with Gasteiger partial charge in [0.05, 0.1) is 19.7 Å². The molecule has 2 aromatic rings. The molecular formula is C15H19N3O3. The summed E-state index contributed by atoms with van der Waals surface area (Å²) in [6.07, 6.45) is 0. The van der Waals surface area contributed by atoms with Crippen molar-refractivity contribution in [3.63, 3.8) is 0 Å². The van der Waals surface area contributed by atoms with Gasteiger partial charge in [-0.25, -0.2) is 0 Å². The van der Waals surface area contributed by atoms with Crippen LogP contribution in [0.15, 0.2) is 34.9 Å². The molecule has 0 spiro atoms. The largest absolute Gasteiger partial charge is 0.465 e. The van der Waals surface area contributed by atoms with Crippen molar-refractivity contribution < 1.29 is 14.1 Å². The molecule has 0 aliphatic heterocycles. The third-order valence-corrected chi connectivity index (χ3v) is 2.84. The Morgan fingerprint density at radius 3 is 2.67 bits per heavy atom. The van der Waals surface area contributed by atoms with Gasteiger partial charge in [-0.1, -0.05) is 35.5 Å². The minimum absolute atomic E-state index is 0.191. The first kappa shape index (κ1) is 15.2. The van der Waals surface area contributed by atoms with Crippen LogP contribution in [0.5, 0.6) is 0 Å². The van der Waals surface area contributed by atoms with E-state index in [0.717, 1.165) is 5.56 Å². The van der Waals surface area contributed by atoms with E-state index in [-0.39, 0.29) is 12.5 Å². The molecule has 0 radical (unpaired) electrons. The summed E-state index contributed by atoms with van der Waals surface area (Å²) in [4.78, 5) is 17.8. The lowest BCUT2D eigenvalue weighted by molar-refractivity contribution is -0.144. The van der Waals surface area contributed by atoms with E-state index >= 15 is 0 Å². The molecule has 112 valence electrons. The minimum atomic E-state index is -0.256. The van der Waals surface area contributed by atoms with Crippen molar-refractivity contribution >= 4 is 5.97 Å². The van der Waals surface area contributed by atoms with Crippen LogP contribution < -0.4 is 0 Å². The summed E-state index contributed by atoms with van der Waals surface area (Å²) in [5.74, 6) is 0.821. The Bertz CT molecular complexity index is 569. The van der Waals surface area contributed by atoms with Gasteiger partial charge in [0.25, 0.3) is 0 Å². The number of benzene rings is 1. The number of hydrogen-bond donors (Lipinski definition) is 0. The number of ether oxygens (including phenoxy) is 1. The number of carbonyl (C=O) groups is 1. The Labute approximate surface area is 123 Å². The maximum absolute atomic E-state index is 11.7. The second kappa shape index (κ2) is 7.54. The van der Waals surface area contributed by atoms with Crippen molar-refractivity contribution in [1.82, 2.24) is 15.0 Å². The Hall–Kier alpha value is -2.21. The normalized spacial score (nSPS) is 10.8. The Balaban J connectivity index is 2.04. The first-order chi connectivity index (χ1) is 10.2. The summed E-state index contributed by atoms with van der Waals surface area (Å²) in [7, 11) is 0. The van der Waals surface area contributed by atoms with Crippen LogP contribution in [0.4, 0.5) is 0 Å². The predicted molar refractivity (Wildman–Crippen MR) is 76.2 cm³/mol. The number of esters is 1. The van der Waals surface area contributed by atoms with Crippen molar-refractivity contribution in [2.75, 3.05) is 13.2 Å². The molecule has 0 saturated carbocycles. The van der Waals surface area contributed by atoms with Crippen LogP contribution in [-0.2, 0) is 22.6 Å². The van der Waals surface area contributed by atoms with E-state index in [1.165, 1.54) is 0 Å². The zero-order chi connectivity index (χ0) is 15.1. The SMILES string of the molecule is CCOC(=O)CN(Cc1ccccc1)Cc1noc(C)n1. The summed E-state index contributed by atoms with van der Waals surface area (Å²) >= 11 is 0. The molecule has 1 aromatic carbocycles. The topological polar surface area (TPSA) is 68.5 Å². The molecular weight excluding hydrogens is 270 g/mol. The summed E-state index contributed by atoms with van der Waals surface area (Å²) in [6.45, 7) is 5.15. The monoisotopic (exact) mass is 289 g/mol. The van der Waals surface area contributed by atoms with Gasteiger partial charge in [0, 0.05) is 13.5 Å². The van der Waals surface area contributed by atoms with Gasteiger partial charge in [0.2, 0.25) is 5.89 Å². The fourth-order valence-electron chi connectivity index (χ4n) is 2.00. The number of carbonyl (C=O) groups excluding carboxylic acids is 1. The van der Waals surface area contributed by atoms with Gasteiger partial charge in [-0.15, -0.1) is 0 Å². The van der Waals surface area contributed by atoms with Gasteiger partial charge < -0.3 is 9.26 Å². The molecule has 6 nitrogen and oxygen atoms in total. The van der Waals surface area contributed by atoms with Crippen LogP contribution in [0.3, 0.4) is 0 Å². The highest BCUT2D eigenvalue weighted by Gasteiger charge is 2.15. The third kappa shape index (κ3) is 5.00. The molecule has 0 amide bonds. The van der Waals surface area contributed by atoms with E-state index in [1.54, 1.807) is 13.8 Å². The number of nitrogens with zero attached hydrogens (tertiary/aromatic N) is 3. The minimum Gasteiger partial charge on any atom is -0.465 e. The standard InChI is InChI=1S/C15H19N3O3/c1-3-20-15(19)11-18(9-13-7-5-4-6-8-13)10-14-16-12(2)21-17-14/h4-8H,3,9-11H2,1-2H3. The molecule has 0 aliphatic rings. The van der Waals surface area contributed by atoms with Crippen LogP contribution >= 0.6 is 0 Å². The van der Waals surface area contributed by atoms with E-state index in [0.29, 0.717) is 31.4 Å². The first-order valence-electron chi connectivity index (χ1n) is 6.88. The highest BCUT2D eigenvalue weighted by Crippen LogP contribution is 2.08. The molecule has 0 N–H and O–H groups in total. The molecule has 0 saturated heterocycles. The lowest BCUT2D eigenvalue weighted by Crippen LogP contribution is -2.30. The van der Waals surface area contributed by atoms with Crippen molar-refractivity contribution in [2.24, 2.45) is 0 Å². The lowest BCUT2D eigenvalue weighted by atomic mass is 10.2. The molecule has 6 heteroatoms. The van der Waals surface area contributed by atoms with E-state index < -0.39 is 0 Å². The highest BCUT2D eigenvalue weighted by atomic mass is 16.5. The molecule has 21 heavy (non-hydrogen) atoms. The van der Waals surface area contributed by atoms with Crippen LogP contribution in [0.25, 0.3) is 0 Å². The molecule has 1 heterocycles. The Kier molecular flexibility index (Phi) is 5.45. The maximum Gasteiger partial charge on any atom is 0.320 e. The van der Waals surface area contributed by atoms with Crippen LogP contribution in [0, 0.1) is 6.92 Å².